The van der Waals surface area contributed by atoms with Crippen molar-refractivity contribution >= 4 is 17.4 Å². The Balaban J connectivity index is 1.71. The minimum atomic E-state index is 0.0627. The normalized spacial score (nSPS) is 18.2. The summed E-state index contributed by atoms with van der Waals surface area (Å²) in [4.78, 5) is 18.7. The van der Waals surface area contributed by atoms with E-state index < -0.39 is 0 Å². The molecule has 1 aliphatic rings. The first-order chi connectivity index (χ1) is 14.6. The highest BCUT2D eigenvalue weighted by Gasteiger charge is 2.32. The van der Waals surface area contributed by atoms with Crippen molar-refractivity contribution in [3.63, 3.8) is 0 Å². The highest BCUT2D eigenvalue weighted by Crippen LogP contribution is 2.40. The number of nitrogens with zero attached hydrogens (tertiary/aromatic N) is 4. The summed E-state index contributed by atoms with van der Waals surface area (Å²) < 4.78 is 1.94. The van der Waals surface area contributed by atoms with Crippen LogP contribution in [0.2, 0.25) is 0 Å². The number of benzene rings is 1. The van der Waals surface area contributed by atoms with Crippen molar-refractivity contribution in [2.45, 2.75) is 38.9 Å². The Morgan fingerprint density at radius 3 is 2.83 bits per heavy atom. The van der Waals surface area contributed by atoms with Crippen molar-refractivity contribution in [3.05, 3.63) is 60.6 Å². The quantitative estimate of drug-likeness (QED) is 0.658. The van der Waals surface area contributed by atoms with E-state index in [2.05, 4.69) is 52.0 Å². The molecule has 7 nitrogen and oxygen atoms in total. The molecular formula is C23H28N6O. The van der Waals surface area contributed by atoms with Crippen LogP contribution in [0.4, 0.5) is 11.5 Å². The minimum absolute atomic E-state index is 0.0627. The first kappa shape index (κ1) is 20.1. The fraction of sp³-hybridized carbons (Fsp3) is 0.348. The maximum Gasteiger partial charge on any atom is 0.224 e. The number of carbonyl (C=O) groups is 1. The molecule has 0 spiro atoms. The van der Waals surface area contributed by atoms with E-state index in [9.17, 15) is 4.79 Å². The van der Waals surface area contributed by atoms with Crippen LogP contribution in [0.1, 0.15) is 31.9 Å². The molecule has 0 radical (unpaired) electrons. The van der Waals surface area contributed by atoms with E-state index in [0.717, 1.165) is 47.7 Å². The van der Waals surface area contributed by atoms with Crippen molar-refractivity contribution in [3.8, 4) is 11.1 Å². The van der Waals surface area contributed by atoms with Gasteiger partial charge in [-0.1, -0.05) is 12.1 Å². The van der Waals surface area contributed by atoms with E-state index >= 15 is 0 Å². The average molecular weight is 405 g/mol. The van der Waals surface area contributed by atoms with Crippen molar-refractivity contribution in [1.29, 1.82) is 0 Å². The van der Waals surface area contributed by atoms with Crippen LogP contribution in [0, 0.1) is 0 Å². The number of pyridine rings is 1. The Hall–Kier alpha value is -3.19. The van der Waals surface area contributed by atoms with Gasteiger partial charge >= 0.3 is 0 Å². The van der Waals surface area contributed by atoms with E-state index in [1.165, 1.54) is 0 Å². The summed E-state index contributed by atoms with van der Waals surface area (Å²) >= 11 is 0. The van der Waals surface area contributed by atoms with Crippen LogP contribution in [0.25, 0.3) is 11.1 Å². The first-order valence-corrected chi connectivity index (χ1v) is 10.4. The molecule has 3 aromatic rings. The minimum Gasteiger partial charge on any atom is -0.363 e. The van der Waals surface area contributed by atoms with Crippen LogP contribution in [-0.4, -0.2) is 40.3 Å². The van der Waals surface area contributed by atoms with E-state index in [0.29, 0.717) is 0 Å². The lowest BCUT2D eigenvalue weighted by molar-refractivity contribution is -0.117. The van der Waals surface area contributed by atoms with Crippen LogP contribution < -0.4 is 15.5 Å². The zero-order valence-electron chi connectivity index (χ0n) is 17.7. The van der Waals surface area contributed by atoms with Crippen LogP contribution in [0.15, 0.2) is 55.0 Å². The number of amides is 1. The number of carbonyl (C=O) groups excluding carboxylic acids is 1. The van der Waals surface area contributed by atoms with Crippen LogP contribution in [0.3, 0.4) is 0 Å². The molecule has 0 bridgehead atoms. The molecule has 4 rings (SSSR count). The predicted octanol–water partition coefficient (Wildman–Crippen LogP) is 3.46. The Morgan fingerprint density at radius 1 is 1.23 bits per heavy atom. The van der Waals surface area contributed by atoms with Gasteiger partial charge in [-0.3, -0.25) is 9.48 Å². The van der Waals surface area contributed by atoms with Crippen molar-refractivity contribution in [2.24, 2.45) is 0 Å². The summed E-state index contributed by atoms with van der Waals surface area (Å²) in [6.45, 7) is 5.41. The van der Waals surface area contributed by atoms with Gasteiger partial charge in [0.15, 0.2) is 0 Å². The molecule has 1 aliphatic heterocycles. The molecule has 2 atom stereocenters. The fourth-order valence-corrected chi connectivity index (χ4v) is 4.15. The molecule has 0 saturated carbocycles. The van der Waals surface area contributed by atoms with Gasteiger partial charge in [0.05, 0.1) is 18.8 Å². The second-order valence-electron chi connectivity index (χ2n) is 7.75. The van der Waals surface area contributed by atoms with Crippen molar-refractivity contribution in [2.75, 3.05) is 23.8 Å². The predicted molar refractivity (Wildman–Crippen MR) is 119 cm³/mol. The molecule has 0 unspecified atom stereocenters. The van der Waals surface area contributed by atoms with Gasteiger partial charge in [0.2, 0.25) is 5.91 Å². The molecule has 7 heteroatoms. The summed E-state index contributed by atoms with van der Waals surface area (Å²) in [7, 11) is 1.93. The number of likely N-dealkylation sites (N-methyl/N-ethyl adjacent to an activating group) is 1. The van der Waals surface area contributed by atoms with Gasteiger partial charge in [0.25, 0.3) is 0 Å². The maximum atomic E-state index is 12.4. The summed E-state index contributed by atoms with van der Waals surface area (Å²) in [5.41, 5.74) is 4.23. The topological polar surface area (TPSA) is 75.1 Å². The third kappa shape index (κ3) is 4.07. The number of anilines is 2. The lowest BCUT2D eigenvalue weighted by atomic mass is 9.89. The van der Waals surface area contributed by atoms with Crippen molar-refractivity contribution < 1.29 is 4.79 Å². The monoisotopic (exact) mass is 404 g/mol. The Labute approximate surface area is 177 Å². The molecule has 0 fully saturated rings. The third-order valence-corrected chi connectivity index (χ3v) is 5.56. The van der Waals surface area contributed by atoms with E-state index in [4.69, 9.17) is 0 Å². The molecule has 2 N–H and O–H groups in total. The standard InChI is InChI=1S/C23H28N6O/c1-16-12-21(27-23-6-4-5-9-25-23)20-13-18(7-8-22(20)29(16)17(2)30)19-14-26-28(15-19)11-10-24-3/h4-9,13-16,21,24H,10-12H2,1-3H3,(H,25,27)/t16-,21+/m0/s1. The largest absolute Gasteiger partial charge is 0.363 e. The van der Waals surface area contributed by atoms with E-state index in [-0.39, 0.29) is 18.0 Å². The third-order valence-electron chi connectivity index (χ3n) is 5.56. The van der Waals surface area contributed by atoms with Gasteiger partial charge in [-0.15, -0.1) is 0 Å². The number of aromatic nitrogens is 3. The number of hydrogen-bond donors (Lipinski definition) is 2. The summed E-state index contributed by atoms with van der Waals surface area (Å²) in [5.74, 6) is 0.898. The smallest absolute Gasteiger partial charge is 0.224 e. The maximum absolute atomic E-state index is 12.4. The summed E-state index contributed by atoms with van der Waals surface area (Å²) in [5, 5.41) is 11.2. The second-order valence-corrected chi connectivity index (χ2v) is 7.75. The molecule has 0 saturated heterocycles. The number of hydrogen-bond acceptors (Lipinski definition) is 5. The van der Waals surface area contributed by atoms with Crippen LogP contribution in [0.5, 0.6) is 0 Å². The molecule has 30 heavy (non-hydrogen) atoms. The van der Waals surface area contributed by atoms with Gasteiger partial charge in [-0.25, -0.2) is 4.98 Å². The van der Waals surface area contributed by atoms with Gasteiger partial charge in [-0.2, -0.15) is 5.10 Å². The first-order valence-electron chi connectivity index (χ1n) is 10.4. The van der Waals surface area contributed by atoms with Gasteiger partial charge in [0.1, 0.15) is 5.82 Å². The number of fused-ring (bicyclic) bond motifs is 1. The molecular weight excluding hydrogens is 376 g/mol. The lowest BCUT2D eigenvalue weighted by Gasteiger charge is -2.39. The SMILES string of the molecule is CNCCn1cc(-c2ccc3c(c2)[C@H](Nc2ccccn2)C[C@H](C)N3C(C)=O)cn1. The highest BCUT2D eigenvalue weighted by atomic mass is 16.2. The zero-order valence-corrected chi connectivity index (χ0v) is 17.7. The molecule has 0 aliphatic carbocycles. The van der Waals surface area contributed by atoms with Gasteiger partial charge in [0, 0.05) is 43.2 Å². The van der Waals surface area contributed by atoms with Crippen LogP contribution in [-0.2, 0) is 11.3 Å². The van der Waals surface area contributed by atoms with E-state index in [1.54, 1.807) is 13.1 Å². The number of nitrogens with one attached hydrogen (secondary N) is 2. The van der Waals surface area contributed by atoms with Crippen LogP contribution >= 0.6 is 0 Å². The molecule has 1 amide bonds. The average Bonchev–Trinajstić information content (AvgIpc) is 3.21. The lowest BCUT2D eigenvalue weighted by Crippen LogP contribution is -2.43. The Morgan fingerprint density at radius 2 is 2.10 bits per heavy atom. The van der Waals surface area contributed by atoms with Gasteiger partial charge in [-0.05, 0) is 55.8 Å². The molecule has 2 aromatic heterocycles. The molecule has 3 heterocycles. The Bertz CT molecular complexity index is 1020. The fourth-order valence-electron chi connectivity index (χ4n) is 4.15. The van der Waals surface area contributed by atoms with Crippen molar-refractivity contribution in [1.82, 2.24) is 20.1 Å². The second kappa shape index (κ2) is 8.67. The summed E-state index contributed by atoms with van der Waals surface area (Å²) in [6, 6.07) is 12.3. The summed E-state index contributed by atoms with van der Waals surface area (Å²) in [6.07, 6.45) is 6.56. The van der Waals surface area contributed by atoms with E-state index in [1.807, 2.05) is 41.0 Å². The molecule has 1 aromatic carbocycles. The zero-order chi connectivity index (χ0) is 21.1. The van der Waals surface area contributed by atoms with Gasteiger partial charge < -0.3 is 15.5 Å². The number of rotatable bonds is 6. The molecule has 156 valence electrons. The Kier molecular flexibility index (Phi) is 5.81. The highest BCUT2D eigenvalue weighted by molar-refractivity contribution is 5.94.